The zero-order valence-corrected chi connectivity index (χ0v) is 5.28. The van der Waals surface area contributed by atoms with Gasteiger partial charge < -0.3 is 0 Å². The molecular formula is C9H8. The standard InChI is InChI=1S/C9H8/c1-4-6-9(5-2)7-8(9)3/h1-2H,3,6-7H2. The summed E-state index contributed by atoms with van der Waals surface area (Å²) in [5, 5.41) is 0. The second kappa shape index (κ2) is 1.67. The van der Waals surface area contributed by atoms with Crippen molar-refractivity contribution in [2.75, 3.05) is 0 Å². The SMILES string of the molecule is C#CCC1(C#C)CC1=C. The van der Waals surface area contributed by atoms with Crippen LogP contribution in [0, 0.1) is 30.1 Å². The molecule has 1 fully saturated rings. The Hall–Kier alpha value is -1.14. The maximum Gasteiger partial charge on any atom is 0.0664 e. The van der Waals surface area contributed by atoms with Crippen molar-refractivity contribution in [2.45, 2.75) is 12.8 Å². The Labute approximate surface area is 56.0 Å². The highest BCUT2D eigenvalue weighted by Gasteiger charge is 2.44. The second-order valence-corrected chi connectivity index (χ2v) is 2.39. The summed E-state index contributed by atoms with van der Waals surface area (Å²) >= 11 is 0. The van der Waals surface area contributed by atoms with Crippen molar-refractivity contribution in [2.24, 2.45) is 5.41 Å². The summed E-state index contributed by atoms with van der Waals surface area (Å²) < 4.78 is 0. The van der Waals surface area contributed by atoms with Gasteiger partial charge >= 0.3 is 0 Å². The van der Waals surface area contributed by atoms with E-state index in [9.17, 15) is 0 Å². The first-order chi connectivity index (χ1) is 4.25. The summed E-state index contributed by atoms with van der Waals surface area (Å²) in [6.45, 7) is 3.77. The Morgan fingerprint density at radius 1 is 1.67 bits per heavy atom. The van der Waals surface area contributed by atoms with Crippen molar-refractivity contribution in [3.05, 3.63) is 12.2 Å². The van der Waals surface area contributed by atoms with Gasteiger partial charge in [-0.3, -0.25) is 0 Å². The summed E-state index contributed by atoms with van der Waals surface area (Å²) in [6, 6.07) is 0. The van der Waals surface area contributed by atoms with Gasteiger partial charge in [0.1, 0.15) is 0 Å². The van der Waals surface area contributed by atoms with E-state index in [1.807, 2.05) is 0 Å². The summed E-state index contributed by atoms with van der Waals surface area (Å²) in [5.41, 5.74) is 1.01. The van der Waals surface area contributed by atoms with Crippen molar-refractivity contribution in [1.82, 2.24) is 0 Å². The van der Waals surface area contributed by atoms with Crippen LogP contribution in [0.4, 0.5) is 0 Å². The molecular weight excluding hydrogens is 108 g/mol. The van der Waals surface area contributed by atoms with Gasteiger partial charge in [-0.25, -0.2) is 0 Å². The summed E-state index contributed by atoms with van der Waals surface area (Å²) in [6.07, 6.45) is 11.9. The molecule has 0 amide bonds. The van der Waals surface area contributed by atoms with E-state index < -0.39 is 0 Å². The van der Waals surface area contributed by atoms with Crippen LogP contribution in [-0.4, -0.2) is 0 Å². The summed E-state index contributed by atoms with van der Waals surface area (Å²) in [5.74, 6) is 5.21. The molecule has 0 aromatic carbocycles. The molecule has 1 unspecified atom stereocenters. The van der Waals surface area contributed by atoms with E-state index in [2.05, 4.69) is 18.4 Å². The predicted molar refractivity (Wildman–Crippen MR) is 38.5 cm³/mol. The smallest absolute Gasteiger partial charge is 0.0664 e. The maximum absolute atomic E-state index is 5.24. The van der Waals surface area contributed by atoms with E-state index in [4.69, 9.17) is 12.8 Å². The molecule has 0 aliphatic heterocycles. The van der Waals surface area contributed by atoms with E-state index in [1.165, 1.54) is 0 Å². The third kappa shape index (κ3) is 0.734. The van der Waals surface area contributed by atoms with Crippen LogP contribution in [0.1, 0.15) is 12.8 Å². The first-order valence-corrected chi connectivity index (χ1v) is 2.85. The molecule has 0 saturated heterocycles. The van der Waals surface area contributed by atoms with Gasteiger partial charge in [-0.05, 0) is 6.42 Å². The molecule has 1 saturated carbocycles. The molecule has 0 aromatic rings. The van der Waals surface area contributed by atoms with Crippen LogP contribution in [0.5, 0.6) is 0 Å². The van der Waals surface area contributed by atoms with Gasteiger partial charge in [0, 0.05) is 6.42 Å². The lowest BCUT2D eigenvalue weighted by Gasteiger charge is -1.96. The molecule has 0 nitrogen and oxygen atoms in total. The number of hydrogen-bond donors (Lipinski definition) is 0. The molecule has 0 bridgehead atoms. The van der Waals surface area contributed by atoms with E-state index in [1.54, 1.807) is 0 Å². The van der Waals surface area contributed by atoms with Crippen LogP contribution < -0.4 is 0 Å². The minimum Gasteiger partial charge on any atom is -0.120 e. The molecule has 0 spiro atoms. The predicted octanol–water partition coefficient (Wildman–Crippen LogP) is 1.59. The van der Waals surface area contributed by atoms with Crippen LogP contribution in [0.25, 0.3) is 0 Å². The molecule has 1 atom stereocenters. The zero-order valence-electron chi connectivity index (χ0n) is 5.28. The zero-order chi connectivity index (χ0) is 6.91. The number of hydrogen-bond acceptors (Lipinski definition) is 0. The van der Waals surface area contributed by atoms with Crippen LogP contribution in [-0.2, 0) is 0 Å². The van der Waals surface area contributed by atoms with E-state index >= 15 is 0 Å². The molecule has 0 aromatic heterocycles. The van der Waals surface area contributed by atoms with E-state index in [0.717, 1.165) is 12.0 Å². The molecule has 0 heterocycles. The van der Waals surface area contributed by atoms with E-state index in [0.29, 0.717) is 6.42 Å². The van der Waals surface area contributed by atoms with Gasteiger partial charge in [0.25, 0.3) is 0 Å². The van der Waals surface area contributed by atoms with Gasteiger partial charge in [-0.2, -0.15) is 0 Å². The Morgan fingerprint density at radius 3 is 2.33 bits per heavy atom. The lowest BCUT2D eigenvalue weighted by molar-refractivity contribution is 0.745. The Balaban J connectivity index is 2.68. The molecule has 0 radical (unpaired) electrons. The summed E-state index contributed by atoms with van der Waals surface area (Å²) in [7, 11) is 0. The van der Waals surface area contributed by atoms with Crippen LogP contribution >= 0.6 is 0 Å². The molecule has 0 heteroatoms. The van der Waals surface area contributed by atoms with E-state index in [-0.39, 0.29) is 5.41 Å². The van der Waals surface area contributed by atoms with Gasteiger partial charge in [-0.1, -0.05) is 18.1 Å². The normalized spacial score (nSPS) is 30.7. The highest BCUT2D eigenvalue weighted by molar-refractivity contribution is 5.41. The average Bonchev–Trinajstić information content (AvgIpc) is 2.45. The Bertz CT molecular complexity index is 221. The third-order valence-corrected chi connectivity index (χ3v) is 1.75. The fraction of sp³-hybridized carbons (Fsp3) is 0.333. The van der Waals surface area contributed by atoms with Crippen LogP contribution in [0.3, 0.4) is 0 Å². The fourth-order valence-corrected chi connectivity index (χ4v) is 0.886. The van der Waals surface area contributed by atoms with Gasteiger partial charge in [0.05, 0.1) is 5.41 Å². The molecule has 1 rings (SSSR count). The largest absolute Gasteiger partial charge is 0.120 e. The minimum absolute atomic E-state index is 0.102. The maximum atomic E-state index is 5.24. The van der Waals surface area contributed by atoms with Gasteiger partial charge in [0.15, 0.2) is 0 Å². The number of terminal acetylenes is 2. The first-order valence-electron chi connectivity index (χ1n) is 2.85. The quantitative estimate of drug-likeness (QED) is 0.360. The molecule has 0 N–H and O–H groups in total. The monoisotopic (exact) mass is 116 g/mol. The fourth-order valence-electron chi connectivity index (χ4n) is 0.886. The topological polar surface area (TPSA) is 0 Å². The van der Waals surface area contributed by atoms with Crippen molar-refractivity contribution in [3.63, 3.8) is 0 Å². The number of rotatable bonds is 1. The molecule has 9 heavy (non-hydrogen) atoms. The van der Waals surface area contributed by atoms with Crippen molar-refractivity contribution < 1.29 is 0 Å². The van der Waals surface area contributed by atoms with Crippen LogP contribution in [0.15, 0.2) is 12.2 Å². The summed E-state index contributed by atoms with van der Waals surface area (Å²) in [4.78, 5) is 0. The molecule has 44 valence electrons. The van der Waals surface area contributed by atoms with Gasteiger partial charge in [-0.15, -0.1) is 18.8 Å². The molecule has 1 aliphatic carbocycles. The first kappa shape index (κ1) is 5.99. The minimum atomic E-state index is -0.102. The number of allylic oxidation sites excluding steroid dienone is 1. The lowest BCUT2D eigenvalue weighted by atomic mass is 10.0. The van der Waals surface area contributed by atoms with Crippen LogP contribution in [0.2, 0.25) is 0 Å². The Kier molecular flexibility index (Phi) is 1.11. The Morgan fingerprint density at radius 2 is 2.22 bits per heavy atom. The average molecular weight is 116 g/mol. The molecule has 1 aliphatic rings. The van der Waals surface area contributed by atoms with Crippen molar-refractivity contribution in [1.29, 1.82) is 0 Å². The second-order valence-electron chi connectivity index (χ2n) is 2.39. The highest BCUT2D eigenvalue weighted by atomic mass is 14.5. The van der Waals surface area contributed by atoms with Crippen molar-refractivity contribution >= 4 is 0 Å². The lowest BCUT2D eigenvalue weighted by Crippen LogP contribution is -1.92. The highest BCUT2D eigenvalue weighted by Crippen LogP contribution is 2.52. The van der Waals surface area contributed by atoms with Crippen molar-refractivity contribution in [3.8, 4) is 24.7 Å². The third-order valence-electron chi connectivity index (χ3n) is 1.75. The van der Waals surface area contributed by atoms with Gasteiger partial charge in [0.2, 0.25) is 0 Å².